The summed E-state index contributed by atoms with van der Waals surface area (Å²) in [6.45, 7) is 4.24. The average molecular weight is 398 g/mol. The molecule has 1 aliphatic carbocycles. The van der Waals surface area contributed by atoms with Gasteiger partial charge in [0.2, 0.25) is 5.82 Å². The van der Waals surface area contributed by atoms with Gasteiger partial charge in [-0.2, -0.15) is 0 Å². The Morgan fingerprint density at radius 3 is 1.81 bits per heavy atom. The highest BCUT2D eigenvalue weighted by Crippen LogP contribution is 2.46. The summed E-state index contributed by atoms with van der Waals surface area (Å²) in [5.74, 6) is -10.3. The van der Waals surface area contributed by atoms with E-state index in [0.29, 0.717) is 32.5 Å². The van der Waals surface area contributed by atoms with Crippen LogP contribution in [0.3, 0.4) is 0 Å². The Bertz CT molecular complexity index is 608. The molecule has 148 valence electrons. The van der Waals surface area contributed by atoms with Crippen LogP contribution in [0, 0.1) is 29.1 Å². The average Bonchev–Trinajstić information content (AvgIpc) is 2.65. The Hall–Kier alpha value is -1.03. The summed E-state index contributed by atoms with van der Waals surface area (Å²) in [4.78, 5) is 0. The fourth-order valence-corrected chi connectivity index (χ4v) is 6.78. The predicted octanol–water partition coefficient (Wildman–Crippen LogP) is 5.07. The highest BCUT2D eigenvalue weighted by molar-refractivity contribution is 6.62. The lowest BCUT2D eigenvalue weighted by molar-refractivity contribution is 0.0689. The van der Waals surface area contributed by atoms with E-state index < -0.39 is 49.4 Å². The van der Waals surface area contributed by atoms with Crippen molar-refractivity contribution in [3.63, 3.8) is 0 Å². The summed E-state index contributed by atoms with van der Waals surface area (Å²) in [7, 11) is -1.66. The van der Waals surface area contributed by atoms with E-state index in [0.717, 1.165) is 0 Å². The smallest absolute Gasteiger partial charge is 0.377 e. The predicted molar refractivity (Wildman–Crippen MR) is 87.2 cm³/mol. The molecule has 9 heteroatoms. The normalized spacial score (nSPS) is 21.2. The number of rotatable bonds is 7. The van der Waals surface area contributed by atoms with Gasteiger partial charge in [0.25, 0.3) is 0 Å². The second kappa shape index (κ2) is 8.77. The molecule has 26 heavy (non-hydrogen) atoms. The van der Waals surface area contributed by atoms with E-state index in [-0.39, 0.29) is 12.0 Å². The van der Waals surface area contributed by atoms with Crippen LogP contribution in [0.1, 0.15) is 51.0 Å². The first-order valence-corrected chi connectivity index (χ1v) is 10.5. The lowest BCUT2D eigenvalue weighted by Gasteiger charge is -2.39. The first-order chi connectivity index (χ1) is 12.3. The summed E-state index contributed by atoms with van der Waals surface area (Å²) >= 11 is 0. The van der Waals surface area contributed by atoms with E-state index in [9.17, 15) is 22.0 Å². The molecule has 0 aliphatic heterocycles. The molecule has 0 heterocycles. The molecule has 1 aliphatic rings. The van der Waals surface area contributed by atoms with Crippen LogP contribution in [-0.2, 0) is 13.3 Å². The maximum atomic E-state index is 14.2. The molecule has 0 amide bonds. The van der Waals surface area contributed by atoms with Crippen LogP contribution in [0.25, 0.3) is 0 Å². The van der Waals surface area contributed by atoms with Crippen molar-refractivity contribution in [2.24, 2.45) is 0 Å². The van der Waals surface area contributed by atoms with Crippen LogP contribution in [-0.4, -0.2) is 29.1 Å². The minimum Gasteiger partial charge on any atom is -0.377 e. The molecular formula is C17H23F5O3Si. The molecule has 0 saturated heterocycles. The molecule has 0 N–H and O–H groups in total. The zero-order chi connectivity index (χ0) is 19.5. The van der Waals surface area contributed by atoms with Gasteiger partial charge in [-0.25, -0.2) is 22.0 Å². The molecule has 0 spiro atoms. The molecule has 0 radical (unpaired) electrons. The first kappa shape index (κ1) is 21.3. The minimum atomic E-state index is -3.12. The third-order valence-corrected chi connectivity index (χ3v) is 8.28. The summed E-state index contributed by atoms with van der Waals surface area (Å²) < 4.78 is 85.9. The number of benzene rings is 1. The Labute approximate surface area is 150 Å². The Morgan fingerprint density at radius 1 is 0.846 bits per heavy atom. The van der Waals surface area contributed by atoms with E-state index in [2.05, 4.69) is 0 Å². The van der Waals surface area contributed by atoms with Crippen LogP contribution >= 0.6 is 0 Å². The van der Waals surface area contributed by atoms with E-state index in [4.69, 9.17) is 13.3 Å². The van der Waals surface area contributed by atoms with Gasteiger partial charge in [-0.15, -0.1) is 0 Å². The number of halogens is 5. The monoisotopic (exact) mass is 398 g/mol. The highest BCUT2D eigenvalue weighted by Gasteiger charge is 2.50. The molecule has 2 unspecified atom stereocenters. The number of hydrogen-bond acceptors (Lipinski definition) is 3. The molecule has 0 bridgehead atoms. The van der Waals surface area contributed by atoms with Crippen LogP contribution in [0.15, 0.2) is 0 Å². The van der Waals surface area contributed by atoms with Gasteiger partial charge in [-0.05, 0) is 39.0 Å². The zero-order valence-electron chi connectivity index (χ0n) is 15.0. The van der Waals surface area contributed by atoms with Crippen molar-refractivity contribution in [3.8, 4) is 0 Å². The second-order valence-electron chi connectivity index (χ2n) is 6.22. The Balaban J connectivity index is 2.39. The van der Waals surface area contributed by atoms with Gasteiger partial charge in [0, 0.05) is 31.4 Å². The summed E-state index contributed by atoms with van der Waals surface area (Å²) in [6, 6.07) is 0. The molecule has 2 atom stereocenters. The fourth-order valence-electron chi connectivity index (χ4n) is 3.72. The lowest BCUT2D eigenvalue weighted by Crippen LogP contribution is -2.50. The van der Waals surface area contributed by atoms with E-state index in [1.165, 1.54) is 7.11 Å². The third kappa shape index (κ3) is 3.81. The van der Waals surface area contributed by atoms with Crippen LogP contribution < -0.4 is 0 Å². The fraction of sp³-hybridized carbons (Fsp3) is 0.647. The molecule has 1 aromatic carbocycles. The van der Waals surface area contributed by atoms with Crippen LogP contribution in [0.2, 0.25) is 5.54 Å². The Morgan fingerprint density at radius 2 is 1.35 bits per heavy atom. The summed E-state index contributed by atoms with van der Waals surface area (Å²) in [5.41, 5.74) is -1.03. The van der Waals surface area contributed by atoms with Crippen LogP contribution in [0.5, 0.6) is 0 Å². The largest absolute Gasteiger partial charge is 0.503 e. The first-order valence-electron chi connectivity index (χ1n) is 8.67. The molecule has 2 rings (SSSR count). The van der Waals surface area contributed by atoms with Crippen LogP contribution in [0.4, 0.5) is 22.0 Å². The van der Waals surface area contributed by atoms with E-state index in [1.54, 1.807) is 13.8 Å². The van der Waals surface area contributed by atoms with Gasteiger partial charge in [-0.3, -0.25) is 0 Å². The Kier molecular flexibility index (Phi) is 7.17. The highest BCUT2D eigenvalue weighted by atomic mass is 28.4. The minimum absolute atomic E-state index is 0.179. The van der Waals surface area contributed by atoms with Crippen molar-refractivity contribution in [1.82, 2.24) is 0 Å². The summed E-state index contributed by atoms with van der Waals surface area (Å²) in [6.07, 6.45) is 1.69. The van der Waals surface area contributed by atoms with Crippen molar-refractivity contribution in [1.29, 1.82) is 0 Å². The van der Waals surface area contributed by atoms with E-state index in [1.807, 2.05) is 0 Å². The maximum Gasteiger partial charge on any atom is 0.503 e. The second-order valence-corrected chi connectivity index (χ2v) is 9.23. The molecular weight excluding hydrogens is 375 g/mol. The van der Waals surface area contributed by atoms with E-state index >= 15 is 0 Å². The van der Waals surface area contributed by atoms with Crippen molar-refractivity contribution in [2.75, 3.05) is 20.3 Å². The van der Waals surface area contributed by atoms with Gasteiger partial charge < -0.3 is 13.3 Å². The molecule has 0 aromatic heterocycles. The van der Waals surface area contributed by atoms with Crippen molar-refractivity contribution >= 4 is 8.80 Å². The lowest BCUT2D eigenvalue weighted by atomic mass is 9.83. The quantitative estimate of drug-likeness (QED) is 0.278. The van der Waals surface area contributed by atoms with Gasteiger partial charge >= 0.3 is 8.80 Å². The summed E-state index contributed by atoms with van der Waals surface area (Å²) in [5, 5.41) is 0. The maximum absolute atomic E-state index is 14.2. The van der Waals surface area contributed by atoms with Crippen molar-refractivity contribution in [2.45, 2.75) is 51.0 Å². The van der Waals surface area contributed by atoms with Crippen molar-refractivity contribution in [3.05, 3.63) is 34.6 Å². The molecule has 1 saturated carbocycles. The van der Waals surface area contributed by atoms with Gasteiger partial charge in [-0.1, -0.05) is 6.42 Å². The van der Waals surface area contributed by atoms with Crippen molar-refractivity contribution < 1.29 is 35.2 Å². The molecule has 3 nitrogen and oxygen atoms in total. The van der Waals surface area contributed by atoms with Gasteiger partial charge in [0.05, 0.1) is 0 Å². The zero-order valence-corrected chi connectivity index (χ0v) is 16.0. The standard InChI is InChI=1S/C17H23F5O3Si/c1-4-24-26(23-3,25-5-2)11-8-6-7-10(9-11)12-13(18)15(20)17(22)16(21)14(12)19/h10-11H,4-9H2,1-3H3. The third-order valence-electron chi connectivity index (χ3n) is 4.80. The molecule has 1 fully saturated rings. The topological polar surface area (TPSA) is 27.7 Å². The SMILES string of the molecule is CCO[Si](OC)(OCC)C1CCCC(c2c(F)c(F)c(F)c(F)c2F)C1. The van der Waals surface area contributed by atoms with Gasteiger partial charge in [0.15, 0.2) is 23.3 Å². The van der Waals surface area contributed by atoms with Gasteiger partial charge in [0.1, 0.15) is 0 Å². The number of hydrogen-bond donors (Lipinski definition) is 0. The molecule has 1 aromatic rings.